The van der Waals surface area contributed by atoms with Crippen LogP contribution in [0.1, 0.15) is 36.5 Å². The van der Waals surface area contributed by atoms with E-state index in [9.17, 15) is 13.5 Å². The maximum absolute atomic E-state index is 12.9. The molecule has 0 saturated heterocycles. The molecule has 0 bridgehead atoms. The molecule has 0 unspecified atom stereocenters. The second-order valence-electron chi connectivity index (χ2n) is 7.21. The van der Waals surface area contributed by atoms with Crippen LogP contribution in [0.4, 0.5) is 0 Å². The summed E-state index contributed by atoms with van der Waals surface area (Å²) >= 11 is 0. The van der Waals surface area contributed by atoms with Crippen molar-refractivity contribution in [1.29, 1.82) is 0 Å². The van der Waals surface area contributed by atoms with Gasteiger partial charge < -0.3 is 9.84 Å². The fourth-order valence-electron chi connectivity index (χ4n) is 3.50. The van der Waals surface area contributed by atoms with Crippen LogP contribution >= 0.6 is 0 Å². The fraction of sp³-hybridized carbons (Fsp3) is 0.429. The summed E-state index contributed by atoms with van der Waals surface area (Å²) in [5.41, 5.74) is 1.11. The highest BCUT2D eigenvalue weighted by Crippen LogP contribution is 2.45. The molecule has 1 fully saturated rings. The molecule has 27 heavy (non-hydrogen) atoms. The van der Waals surface area contributed by atoms with Crippen molar-refractivity contribution in [1.82, 2.24) is 4.72 Å². The molecule has 2 aromatic rings. The SMILES string of the molecule is CCOc1c(C)cc(S(=O)(=O)NC[C@](O)(c2ccccc2)C2CC2)cc1C. The number of nitrogens with one attached hydrogen (secondary N) is 1. The lowest BCUT2D eigenvalue weighted by Gasteiger charge is -2.29. The largest absolute Gasteiger partial charge is 0.493 e. The highest BCUT2D eigenvalue weighted by molar-refractivity contribution is 7.89. The Kier molecular flexibility index (Phi) is 5.60. The van der Waals surface area contributed by atoms with Gasteiger partial charge in [-0.1, -0.05) is 30.3 Å². The van der Waals surface area contributed by atoms with Gasteiger partial charge >= 0.3 is 0 Å². The normalized spacial score (nSPS) is 16.7. The lowest BCUT2D eigenvalue weighted by Crippen LogP contribution is -2.42. The maximum Gasteiger partial charge on any atom is 0.240 e. The summed E-state index contributed by atoms with van der Waals surface area (Å²) in [5.74, 6) is 0.793. The summed E-state index contributed by atoms with van der Waals surface area (Å²) in [6, 6.07) is 12.5. The van der Waals surface area contributed by atoms with E-state index in [4.69, 9.17) is 4.74 Å². The van der Waals surface area contributed by atoms with E-state index >= 15 is 0 Å². The summed E-state index contributed by atoms with van der Waals surface area (Å²) < 4.78 is 33.9. The first-order valence-corrected chi connectivity index (χ1v) is 10.8. The molecule has 0 aliphatic heterocycles. The molecule has 2 N–H and O–H groups in total. The minimum Gasteiger partial charge on any atom is -0.493 e. The zero-order valence-electron chi connectivity index (χ0n) is 16.0. The van der Waals surface area contributed by atoms with Gasteiger partial charge in [-0.05, 0) is 68.4 Å². The van der Waals surface area contributed by atoms with Crippen LogP contribution in [0.2, 0.25) is 0 Å². The zero-order valence-corrected chi connectivity index (χ0v) is 16.8. The van der Waals surface area contributed by atoms with Gasteiger partial charge in [0.25, 0.3) is 0 Å². The van der Waals surface area contributed by atoms with E-state index in [1.54, 1.807) is 12.1 Å². The first kappa shape index (κ1) is 19.9. The lowest BCUT2D eigenvalue weighted by molar-refractivity contribution is 0.0185. The van der Waals surface area contributed by atoms with Crippen LogP contribution in [-0.2, 0) is 15.6 Å². The Hall–Kier alpha value is -1.89. The Bertz CT molecular complexity index is 884. The van der Waals surface area contributed by atoms with Crippen molar-refractivity contribution >= 4 is 10.0 Å². The molecule has 0 heterocycles. The second kappa shape index (κ2) is 7.62. The van der Waals surface area contributed by atoms with Crippen molar-refractivity contribution in [2.45, 2.75) is 44.1 Å². The quantitative estimate of drug-likeness (QED) is 0.726. The first-order chi connectivity index (χ1) is 12.8. The second-order valence-corrected chi connectivity index (χ2v) is 8.98. The number of hydrogen-bond donors (Lipinski definition) is 2. The van der Waals surface area contributed by atoms with Gasteiger partial charge in [0, 0.05) is 6.54 Å². The third kappa shape index (κ3) is 4.18. The van der Waals surface area contributed by atoms with Crippen molar-refractivity contribution in [3.63, 3.8) is 0 Å². The van der Waals surface area contributed by atoms with E-state index in [-0.39, 0.29) is 17.4 Å². The van der Waals surface area contributed by atoms with Gasteiger partial charge in [0.05, 0.1) is 11.5 Å². The Morgan fingerprint density at radius 2 is 1.74 bits per heavy atom. The number of benzene rings is 2. The predicted octanol–water partition coefficient (Wildman–Crippen LogP) is 3.28. The summed E-state index contributed by atoms with van der Waals surface area (Å²) in [4.78, 5) is 0.187. The molecule has 1 atom stereocenters. The Balaban J connectivity index is 1.84. The molecular formula is C21H27NO4S. The summed E-state index contributed by atoms with van der Waals surface area (Å²) in [7, 11) is -3.75. The zero-order chi connectivity index (χ0) is 19.7. The van der Waals surface area contributed by atoms with E-state index in [1.807, 2.05) is 51.1 Å². The highest BCUT2D eigenvalue weighted by Gasteiger charge is 2.45. The van der Waals surface area contributed by atoms with Crippen LogP contribution in [0.25, 0.3) is 0 Å². The fourth-order valence-corrected chi connectivity index (χ4v) is 4.74. The molecule has 6 heteroatoms. The average Bonchev–Trinajstić information content (AvgIpc) is 3.49. The first-order valence-electron chi connectivity index (χ1n) is 9.29. The van der Waals surface area contributed by atoms with E-state index in [1.165, 1.54) is 0 Å². The monoisotopic (exact) mass is 389 g/mol. The van der Waals surface area contributed by atoms with Gasteiger partial charge in [-0.3, -0.25) is 0 Å². The summed E-state index contributed by atoms with van der Waals surface area (Å²) in [6.07, 6.45) is 1.79. The van der Waals surface area contributed by atoms with Crippen molar-refractivity contribution in [2.24, 2.45) is 5.92 Å². The van der Waals surface area contributed by atoms with Crippen molar-refractivity contribution in [3.8, 4) is 5.75 Å². The van der Waals surface area contributed by atoms with Crippen LogP contribution in [0.3, 0.4) is 0 Å². The summed E-state index contributed by atoms with van der Waals surface area (Å²) in [5, 5.41) is 11.2. The van der Waals surface area contributed by atoms with Gasteiger partial charge in [-0.15, -0.1) is 0 Å². The standard InChI is InChI=1S/C21H27NO4S/c1-4-26-20-15(2)12-19(13-16(20)3)27(24,25)22-14-21(23,18-10-11-18)17-8-6-5-7-9-17/h5-9,12-13,18,22-23H,4,10-11,14H2,1-3H3/t21-/m0/s1. The molecule has 5 nitrogen and oxygen atoms in total. The smallest absolute Gasteiger partial charge is 0.240 e. The van der Waals surface area contributed by atoms with E-state index in [0.29, 0.717) is 6.61 Å². The van der Waals surface area contributed by atoms with Crippen molar-refractivity contribution in [2.75, 3.05) is 13.2 Å². The molecule has 2 aromatic carbocycles. The van der Waals surface area contributed by atoms with Gasteiger partial charge in [0.15, 0.2) is 0 Å². The van der Waals surface area contributed by atoms with E-state index in [0.717, 1.165) is 35.3 Å². The van der Waals surface area contributed by atoms with E-state index < -0.39 is 15.6 Å². The number of aliphatic hydroxyl groups is 1. The average molecular weight is 390 g/mol. The topological polar surface area (TPSA) is 75.6 Å². The Morgan fingerprint density at radius 1 is 1.15 bits per heavy atom. The molecule has 1 aliphatic rings. The van der Waals surface area contributed by atoms with Crippen LogP contribution in [0.15, 0.2) is 47.4 Å². The Labute approximate surface area is 161 Å². The van der Waals surface area contributed by atoms with Crippen LogP contribution < -0.4 is 9.46 Å². The van der Waals surface area contributed by atoms with Crippen LogP contribution in [-0.4, -0.2) is 26.7 Å². The lowest BCUT2D eigenvalue weighted by atomic mass is 9.89. The molecule has 146 valence electrons. The number of ether oxygens (including phenoxy) is 1. The molecule has 1 saturated carbocycles. The molecule has 3 rings (SSSR count). The van der Waals surface area contributed by atoms with Crippen LogP contribution in [0, 0.1) is 19.8 Å². The third-order valence-electron chi connectivity index (χ3n) is 5.09. The minimum atomic E-state index is -3.75. The highest BCUT2D eigenvalue weighted by atomic mass is 32.2. The number of aryl methyl sites for hydroxylation is 2. The summed E-state index contributed by atoms with van der Waals surface area (Å²) in [6.45, 7) is 6.04. The molecule has 0 aromatic heterocycles. The van der Waals surface area contributed by atoms with E-state index in [2.05, 4.69) is 4.72 Å². The Morgan fingerprint density at radius 3 is 2.26 bits per heavy atom. The molecule has 0 radical (unpaired) electrons. The maximum atomic E-state index is 12.9. The van der Waals surface area contributed by atoms with Gasteiger partial charge in [0.1, 0.15) is 11.4 Å². The number of rotatable bonds is 8. The molecule has 0 amide bonds. The number of hydrogen-bond acceptors (Lipinski definition) is 4. The number of sulfonamides is 1. The molecule has 1 aliphatic carbocycles. The van der Waals surface area contributed by atoms with Gasteiger partial charge in [-0.2, -0.15) is 0 Å². The van der Waals surface area contributed by atoms with Crippen molar-refractivity contribution < 1.29 is 18.3 Å². The van der Waals surface area contributed by atoms with Crippen LogP contribution in [0.5, 0.6) is 5.75 Å². The van der Waals surface area contributed by atoms with Gasteiger partial charge in [-0.25, -0.2) is 13.1 Å². The molecular weight excluding hydrogens is 362 g/mol. The van der Waals surface area contributed by atoms with Crippen molar-refractivity contribution in [3.05, 3.63) is 59.2 Å². The third-order valence-corrected chi connectivity index (χ3v) is 6.47. The predicted molar refractivity (Wildman–Crippen MR) is 105 cm³/mol. The van der Waals surface area contributed by atoms with Gasteiger partial charge in [0.2, 0.25) is 10.0 Å². The molecule has 0 spiro atoms. The minimum absolute atomic E-state index is 0.0463.